The fourth-order valence-electron chi connectivity index (χ4n) is 2.09. The number of rotatable bonds is 8. The molecule has 0 spiro atoms. The highest BCUT2D eigenvalue weighted by atomic mass is 32.2. The molecule has 1 aromatic rings. The van der Waals surface area contributed by atoms with Crippen molar-refractivity contribution in [3.05, 3.63) is 18.0 Å². The van der Waals surface area contributed by atoms with Crippen molar-refractivity contribution >= 4 is 10.0 Å². The minimum atomic E-state index is -3.39. The van der Waals surface area contributed by atoms with Crippen LogP contribution in [0.5, 0.6) is 0 Å². The summed E-state index contributed by atoms with van der Waals surface area (Å²) in [7, 11) is -1.74. The van der Waals surface area contributed by atoms with E-state index in [0.717, 1.165) is 25.1 Å². The zero-order valence-corrected chi connectivity index (χ0v) is 13.0. The van der Waals surface area contributed by atoms with Crippen molar-refractivity contribution in [2.45, 2.75) is 51.1 Å². The van der Waals surface area contributed by atoms with Crippen LogP contribution in [0, 0.1) is 0 Å². The summed E-state index contributed by atoms with van der Waals surface area (Å²) >= 11 is 0. The number of aromatic nitrogens is 1. The normalized spacial score (nSPS) is 12.5. The maximum absolute atomic E-state index is 12.5. The van der Waals surface area contributed by atoms with Gasteiger partial charge in [-0.2, -0.15) is 4.31 Å². The molecule has 0 aliphatic rings. The molecule has 110 valence electrons. The highest BCUT2D eigenvalue weighted by Gasteiger charge is 2.26. The van der Waals surface area contributed by atoms with Crippen molar-refractivity contribution in [2.24, 2.45) is 0 Å². The molecular formula is C13H25N3O2S. The second-order valence-electron chi connectivity index (χ2n) is 4.63. The number of aromatic amines is 1. The first-order valence-electron chi connectivity index (χ1n) is 6.83. The fraction of sp³-hybridized carbons (Fsp3) is 0.692. The molecule has 1 rings (SSSR count). The lowest BCUT2D eigenvalue weighted by Crippen LogP contribution is -2.36. The molecule has 0 aliphatic carbocycles. The van der Waals surface area contributed by atoms with Crippen molar-refractivity contribution in [3.63, 3.8) is 0 Å². The summed E-state index contributed by atoms with van der Waals surface area (Å²) in [6.07, 6.45) is 3.21. The van der Waals surface area contributed by atoms with Gasteiger partial charge in [0.2, 0.25) is 10.0 Å². The average molecular weight is 287 g/mol. The maximum Gasteiger partial charge on any atom is 0.244 e. The third-order valence-electron chi connectivity index (χ3n) is 3.42. The number of nitrogens with one attached hydrogen (secondary N) is 2. The SMILES string of the molecule is CCNCc1cc(S(=O)(=O)N(C)C(CC)CC)c[nH]1. The molecule has 0 radical (unpaired) electrons. The third-order valence-corrected chi connectivity index (χ3v) is 5.30. The van der Waals surface area contributed by atoms with Gasteiger partial charge in [0, 0.05) is 31.5 Å². The van der Waals surface area contributed by atoms with Crippen molar-refractivity contribution in [1.82, 2.24) is 14.6 Å². The number of nitrogens with zero attached hydrogens (tertiary/aromatic N) is 1. The van der Waals surface area contributed by atoms with Gasteiger partial charge in [-0.1, -0.05) is 20.8 Å². The Morgan fingerprint density at radius 3 is 2.47 bits per heavy atom. The van der Waals surface area contributed by atoms with Gasteiger partial charge >= 0.3 is 0 Å². The summed E-state index contributed by atoms with van der Waals surface area (Å²) in [5.41, 5.74) is 0.887. The van der Waals surface area contributed by atoms with Gasteiger partial charge in [0.05, 0.1) is 4.90 Å². The number of hydrogen-bond donors (Lipinski definition) is 2. The van der Waals surface area contributed by atoms with Crippen LogP contribution >= 0.6 is 0 Å². The average Bonchev–Trinajstić information content (AvgIpc) is 2.87. The van der Waals surface area contributed by atoms with Crippen molar-refractivity contribution in [3.8, 4) is 0 Å². The van der Waals surface area contributed by atoms with E-state index >= 15 is 0 Å². The summed E-state index contributed by atoms with van der Waals surface area (Å²) in [6, 6.07) is 1.76. The van der Waals surface area contributed by atoms with E-state index in [4.69, 9.17) is 0 Å². The van der Waals surface area contributed by atoms with Gasteiger partial charge in [-0.25, -0.2) is 8.42 Å². The Morgan fingerprint density at radius 1 is 1.32 bits per heavy atom. The molecule has 0 aromatic carbocycles. The van der Waals surface area contributed by atoms with E-state index in [1.807, 2.05) is 20.8 Å². The molecular weight excluding hydrogens is 262 g/mol. The van der Waals surface area contributed by atoms with Crippen LogP contribution in [0.3, 0.4) is 0 Å². The Balaban J connectivity index is 2.90. The van der Waals surface area contributed by atoms with E-state index in [0.29, 0.717) is 11.4 Å². The summed E-state index contributed by atoms with van der Waals surface area (Å²) in [5, 5.41) is 3.16. The maximum atomic E-state index is 12.5. The Labute approximate surface area is 116 Å². The largest absolute Gasteiger partial charge is 0.363 e. The van der Waals surface area contributed by atoms with Crippen molar-refractivity contribution in [2.75, 3.05) is 13.6 Å². The molecule has 0 unspecified atom stereocenters. The van der Waals surface area contributed by atoms with Crippen LogP contribution < -0.4 is 5.32 Å². The van der Waals surface area contributed by atoms with Crippen molar-refractivity contribution in [1.29, 1.82) is 0 Å². The molecule has 6 heteroatoms. The molecule has 0 bridgehead atoms. The molecule has 0 aliphatic heterocycles. The first kappa shape index (κ1) is 16.2. The summed E-state index contributed by atoms with van der Waals surface area (Å²) in [5.74, 6) is 0. The Kier molecular flexibility index (Phi) is 6.03. The lowest BCUT2D eigenvalue weighted by molar-refractivity contribution is 0.350. The Hall–Kier alpha value is -0.850. The third kappa shape index (κ3) is 3.81. The number of sulfonamides is 1. The second-order valence-corrected chi connectivity index (χ2v) is 6.63. The van der Waals surface area contributed by atoms with Crippen LogP contribution in [0.1, 0.15) is 39.3 Å². The lowest BCUT2D eigenvalue weighted by Gasteiger charge is -2.24. The van der Waals surface area contributed by atoms with Crippen LogP contribution in [0.15, 0.2) is 17.2 Å². The van der Waals surface area contributed by atoms with Crippen molar-refractivity contribution < 1.29 is 8.42 Å². The van der Waals surface area contributed by atoms with Crippen LogP contribution in [0.4, 0.5) is 0 Å². The minimum absolute atomic E-state index is 0.0529. The molecule has 19 heavy (non-hydrogen) atoms. The Morgan fingerprint density at radius 2 is 1.95 bits per heavy atom. The van der Waals surface area contributed by atoms with Crippen LogP contribution in [-0.4, -0.2) is 37.3 Å². The van der Waals surface area contributed by atoms with Gasteiger partial charge in [0.15, 0.2) is 0 Å². The van der Waals surface area contributed by atoms with E-state index in [9.17, 15) is 8.42 Å². The zero-order valence-electron chi connectivity index (χ0n) is 12.2. The van der Waals surface area contributed by atoms with Gasteiger partial charge in [0.1, 0.15) is 0 Å². The molecule has 1 aromatic heterocycles. The molecule has 0 amide bonds. The van der Waals surface area contributed by atoms with Crippen LogP contribution in [0.2, 0.25) is 0 Å². The van der Waals surface area contributed by atoms with Gasteiger partial charge in [0.25, 0.3) is 0 Å². The summed E-state index contributed by atoms with van der Waals surface area (Å²) in [4.78, 5) is 3.35. The molecule has 0 saturated carbocycles. The molecule has 0 atom stereocenters. The van der Waals surface area contributed by atoms with E-state index < -0.39 is 10.0 Å². The van der Waals surface area contributed by atoms with Crippen LogP contribution in [-0.2, 0) is 16.6 Å². The lowest BCUT2D eigenvalue weighted by atomic mass is 10.2. The number of H-pyrrole nitrogens is 1. The minimum Gasteiger partial charge on any atom is -0.363 e. The predicted molar refractivity (Wildman–Crippen MR) is 77.5 cm³/mol. The Bertz CT molecular complexity index is 478. The van der Waals surface area contributed by atoms with E-state index in [1.165, 1.54) is 4.31 Å². The highest BCUT2D eigenvalue weighted by Crippen LogP contribution is 2.20. The summed E-state index contributed by atoms with van der Waals surface area (Å²) in [6.45, 7) is 7.54. The van der Waals surface area contributed by atoms with Gasteiger partial charge < -0.3 is 10.3 Å². The molecule has 2 N–H and O–H groups in total. The summed E-state index contributed by atoms with van der Waals surface area (Å²) < 4.78 is 26.4. The van der Waals surface area contributed by atoms with E-state index in [2.05, 4.69) is 10.3 Å². The predicted octanol–water partition coefficient (Wildman–Crippen LogP) is 1.93. The van der Waals surface area contributed by atoms with Crippen LogP contribution in [0.25, 0.3) is 0 Å². The van der Waals surface area contributed by atoms with Gasteiger partial charge in [-0.05, 0) is 25.5 Å². The molecule has 5 nitrogen and oxygen atoms in total. The highest BCUT2D eigenvalue weighted by molar-refractivity contribution is 7.89. The monoisotopic (exact) mass is 287 g/mol. The molecule has 0 fully saturated rings. The quantitative estimate of drug-likeness (QED) is 0.768. The first-order valence-corrected chi connectivity index (χ1v) is 8.27. The van der Waals surface area contributed by atoms with Gasteiger partial charge in [-0.15, -0.1) is 0 Å². The standard InChI is InChI=1S/C13H25N3O2S/c1-5-12(6-2)16(4)19(17,18)13-8-11(15-10-13)9-14-7-3/h8,10,12,14-15H,5-7,9H2,1-4H3. The molecule has 1 heterocycles. The topological polar surface area (TPSA) is 65.2 Å². The van der Waals surface area contributed by atoms with Gasteiger partial charge in [-0.3, -0.25) is 0 Å². The van der Waals surface area contributed by atoms with E-state index in [-0.39, 0.29) is 6.04 Å². The fourth-order valence-corrected chi connectivity index (χ4v) is 3.62. The number of hydrogen-bond acceptors (Lipinski definition) is 3. The first-order chi connectivity index (χ1) is 8.97. The molecule has 0 saturated heterocycles. The van der Waals surface area contributed by atoms with E-state index in [1.54, 1.807) is 19.3 Å². The smallest absolute Gasteiger partial charge is 0.244 e. The zero-order chi connectivity index (χ0) is 14.5. The second kappa shape index (κ2) is 7.07.